The van der Waals surface area contributed by atoms with Gasteiger partial charge in [0.05, 0.1) is 16.8 Å². The molecule has 0 aliphatic rings. The van der Waals surface area contributed by atoms with Crippen molar-refractivity contribution in [2.45, 2.75) is 0 Å². The Labute approximate surface area is 166 Å². The van der Waals surface area contributed by atoms with Crippen LogP contribution in [0.15, 0.2) is 60.7 Å². The number of halogens is 5. The van der Waals surface area contributed by atoms with E-state index in [9.17, 15) is 26.7 Å². The summed E-state index contributed by atoms with van der Waals surface area (Å²) in [6, 6.07) is 16.7. The number of aromatic nitrogens is 1. The Balaban J connectivity index is 1.85. The van der Waals surface area contributed by atoms with E-state index < -0.39 is 40.7 Å². The minimum atomic E-state index is -2.30. The summed E-state index contributed by atoms with van der Waals surface area (Å²) < 4.78 is 68.2. The molecule has 30 heavy (non-hydrogen) atoms. The Bertz CT molecular complexity index is 1260. The molecule has 8 heteroatoms. The normalized spacial score (nSPS) is 11.0. The van der Waals surface area contributed by atoms with Gasteiger partial charge < -0.3 is 5.32 Å². The van der Waals surface area contributed by atoms with Crippen molar-refractivity contribution in [2.75, 3.05) is 5.32 Å². The molecule has 0 spiro atoms. The summed E-state index contributed by atoms with van der Waals surface area (Å²) in [5, 5.41) is 2.16. The first-order valence-corrected chi connectivity index (χ1v) is 8.66. The van der Waals surface area contributed by atoms with Crippen LogP contribution in [-0.4, -0.2) is 10.9 Å². The Morgan fingerprint density at radius 2 is 1.30 bits per heavy atom. The number of carbonyl (C=O) groups is 1. The number of amides is 1. The number of hydrogen-bond donors (Lipinski definition) is 1. The van der Waals surface area contributed by atoms with Gasteiger partial charge >= 0.3 is 0 Å². The molecule has 0 aliphatic heterocycles. The van der Waals surface area contributed by atoms with Crippen LogP contribution in [0.3, 0.4) is 0 Å². The number of fused-ring (bicyclic) bond motifs is 1. The molecule has 3 aromatic carbocycles. The molecule has 3 nitrogen and oxygen atoms in total. The molecular weight excluding hydrogens is 403 g/mol. The predicted octanol–water partition coefficient (Wildman–Crippen LogP) is 5.85. The van der Waals surface area contributed by atoms with Gasteiger partial charge in [0.2, 0.25) is 5.82 Å². The van der Waals surface area contributed by atoms with Gasteiger partial charge in [0.15, 0.2) is 23.3 Å². The zero-order valence-corrected chi connectivity index (χ0v) is 15.0. The zero-order chi connectivity index (χ0) is 21.4. The number of para-hydroxylation sites is 1. The minimum Gasteiger partial charge on any atom is -0.317 e. The number of anilines is 1. The van der Waals surface area contributed by atoms with Crippen molar-refractivity contribution in [1.29, 1.82) is 0 Å². The fourth-order valence-corrected chi connectivity index (χ4v) is 3.02. The van der Waals surface area contributed by atoms with E-state index in [1.54, 1.807) is 54.6 Å². The first kappa shape index (κ1) is 19.5. The molecule has 1 heterocycles. The molecule has 0 aliphatic carbocycles. The van der Waals surface area contributed by atoms with Gasteiger partial charge in [-0.3, -0.25) is 4.79 Å². The second kappa shape index (κ2) is 7.55. The van der Waals surface area contributed by atoms with Gasteiger partial charge in [-0.25, -0.2) is 26.9 Å². The Morgan fingerprint density at radius 3 is 1.97 bits per heavy atom. The third-order valence-corrected chi connectivity index (χ3v) is 4.48. The molecule has 4 rings (SSSR count). The maximum absolute atomic E-state index is 14.0. The van der Waals surface area contributed by atoms with Crippen LogP contribution in [0.5, 0.6) is 0 Å². The van der Waals surface area contributed by atoms with Crippen LogP contribution >= 0.6 is 0 Å². The predicted molar refractivity (Wildman–Crippen MR) is 101 cm³/mol. The SMILES string of the molecule is O=C(Nc1c(F)c(F)c(F)c(F)c1F)c1cc(-c2ccccc2)nc2ccccc12. The third-order valence-electron chi connectivity index (χ3n) is 4.48. The van der Waals surface area contributed by atoms with Crippen LogP contribution in [0.25, 0.3) is 22.2 Å². The first-order valence-electron chi connectivity index (χ1n) is 8.66. The van der Waals surface area contributed by atoms with Crippen LogP contribution in [0, 0.1) is 29.1 Å². The van der Waals surface area contributed by atoms with Crippen LogP contribution in [0.2, 0.25) is 0 Å². The van der Waals surface area contributed by atoms with Gasteiger partial charge in [0.25, 0.3) is 5.91 Å². The molecule has 1 N–H and O–H groups in total. The standard InChI is InChI=1S/C22H11F5N2O/c23-16-17(24)19(26)21(20(27)18(16)25)29-22(30)13-10-15(11-6-2-1-3-7-11)28-14-9-5-4-8-12(13)14/h1-10H,(H,29,30). The molecule has 0 saturated heterocycles. The fourth-order valence-electron chi connectivity index (χ4n) is 3.02. The molecule has 0 bridgehead atoms. The van der Waals surface area contributed by atoms with Gasteiger partial charge in [0.1, 0.15) is 5.69 Å². The molecule has 150 valence electrons. The molecule has 0 fully saturated rings. The molecule has 1 aromatic heterocycles. The number of nitrogens with zero attached hydrogens (tertiary/aromatic N) is 1. The van der Waals surface area contributed by atoms with Crippen molar-refractivity contribution in [2.24, 2.45) is 0 Å². The lowest BCUT2D eigenvalue weighted by Crippen LogP contribution is -2.17. The Hall–Kier alpha value is -3.81. The number of benzene rings is 3. The molecule has 1 amide bonds. The van der Waals surface area contributed by atoms with Crippen molar-refractivity contribution in [3.05, 3.63) is 95.3 Å². The summed E-state index contributed by atoms with van der Waals surface area (Å²) in [5.74, 6) is -11.9. The number of nitrogens with one attached hydrogen (secondary N) is 1. The summed E-state index contributed by atoms with van der Waals surface area (Å²) in [6.45, 7) is 0. The molecule has 4 aromatic rings. The van der Waals surface area contributed by atoms with E-state index in [-0.39, 0.29) is 5.56 Å². The largest absolute Gasteiger partial charge is 0.317 e. The number of pyridine rings is 1. The number of carbonyl (C=O) groups excluding carboxylic acids is 1. The van der Waals surface area contributed by atoms with E-state index in [4.69, 9.17) is 0 Å². The van der Waals surface area contributed by atoms with Gasteiger partial charge in [0, 0.05) is 10.9 Å². The van der Waals surface area contributed by atoms with Gasteiger partial charge in [-0.1, -0.05) is 48.5 Å². The zero-order valence-electron chi connectivity index (χ0n) is 15.0. The van der Waals surface area contributed by atoms with Gasteiger partial charge in [-0.15, -0.1) is 0 Å². The summed E-state index contributed by atoms with van der Waals surface area (Å²) >= 11 is 0. The van der Waals surface area contributed by atoms with Crippen molar-refractivity contribution in [3.8, 4) is 11.3 Å². The highest BCUT2D eigenvalue weighted by atomic mass is 19.2. The van der Waals surface area contributed by atoms with Crippen molar-refractivity contribution in [1.82, 2.24) is 4.98 Å². The summed E-state index contributed by atoms with van der Waals surface area (Å²) in [5.41, 5.74) is 0.0359. The van der Waals surface area contributed by atoms with E-state index in [2.05, 4.69) is 4.98 Å². The van der Waals surface area contributed by atoms with Crippen molar-refractivity contribution in [3.63, 3.8) is 0 Å². The molecule has 0 unspecified atom stereocenters. The topological polar surface area (TPSA) is 42.0 Å². The lowest BCUT2D eigenvalue weighted by molar-refractivity contribution is 0.102. The Morgan fingerprint density at radius 1 is 0.733 bits per heavy atom. The lowest BCUT2D eigenvalue weighted by atomic mass is 10.0. The summed E-state index contributed by atoms with van der Waals surface area (Å²) in [6.07, 6.45) is 0. The third kappa shape index (κ3) is 3.26. The maximum Gasteiger partial charge on any atom is 0.256 e. The van der Waals surface area contributed by atoms with Crippen molar-refractivity contribution >= 4 is 22.5 Å². The highest BCUT2D eigenvalue weighted by Gasteiger charge is 2.27. The van der Waals surface area contributed by atoms with E-state index >= 15 is 0 Å². The summed E-state index contributed by atoms with van der Waals surface area (Å²) in [4.78, 5) is 17.3. The molecular formula is C22H11F5N2O. The minimum absolute atomic E-state index is 0.0385. The molecule has 0 saturated carbocycles. The van der Waals surface area contributed by atoms with Crippen LogP contribution in [0.1, 0.15) is 10.4 Å². The van der Waals surface area contributed by atoms with Crippen LogP contribution in [0.4, 0.5) is 27.6 Å². The highest BCUT2D eigenvalue weighted by Crippen LogP contribution is 2.29. The van der Waals surface area contributed by atoms with Crippen LogP contribution in [-0.2, 0) is 0 Å². The van der Waals surface area contributed by atoms with E-state index in [0.29, 0.717) is 22.2 Å². The maximum atomic E-state index is 14.0. The number of hydrogen-bond acceptors (Lipinski definition) is 2. The quantitative estimate of drug-likeness (QED) is 0.260. The average molecular weight is 414 g/mol. The molecule has 0 atom stereocenters. The first-order chi connectivity index (χ1) is 14.4. The van der Waals surface area contributed by atoms with Gasteiger partial charge in [-0.2, -0.15) is 0 Å². The van der Waals surface area contributed by atoms with E-state index in [1.165, 1.54) is 6.07 Å². The molecule has 0 radical (unpaired) electrons. The number of rotatable bonds is 3. The van der Waals surface area contributed by atoms with Crippen LogP contribution < -0.4 is 5.32 Å². The lowest BCUT2D eigenvalue weighted by Gasteiger charge is -2.12. The second-order valence-electron chi connectivity index (χ2n) is 6.34. The van der Waals surface area contributed by atoms with Gasteiger partial charge in [-0.05, 0) is 12.1 Å². The summed E-state index contributed by atoms with van der Waals surface area (Å²) in [7, 11) is 0. The van der Waals surface area contributed by atoms with Crippen molar-refractivity contribution < 1.29 is 26.7 Å². The smallest absolute Gasteiger partial charge is 0.256 e. The van der Waals surface area contributed by atoms with E-state index in [1.807, 2.05) is 5.32 Å². The Kier molecular flexibility index (Phi) is 4.91. The average Bonchev–Trinajstić information content (AvgIpc) is 2.79. The second-order valence-corrected chi connectivity index (χ2v) is 6.34. The van der Waals surface area contributed by atoms with E-state index in [0.717, 1.165) is 0 Å². The monoisotopic (exact) mass is 414 g/mol. The fraction of sp³-hybridized carbons (Fsp3) is 0. The highest BCUT2D eigenvalue weighted by molar-refractivity contribution is 6.13.